The Morgan fingerprint density at radius 2 is 1.02 bits per heavy atom. The number of ether oxygens (including phenoxy) is 2. The highest BCUT2D eigenvalue weighted by atomic mass is 31.2. The smallest absolute Gasteiger partial charge is 0.462 e. The summed E-state index contributed by atoms with van der Waals surface area (Å²) >= 11 is 0. The van der Waals surface area contributed by atoms with E-state index >= 15 is 0 Å². The van der Waals surface area contributed by atoms with E-state index in [0.29, 0.717) is 25.7 Å². The molecular weight excluding hydrogens is 715 g/mol. The summed E-state index contributed by atoms with van der Waals surface area (Å²) in [5, 5.41) is 9.70. The Morgan fingerprint density at radius 1 is 0.564 bits per heavy atom. The van der Waals surface area contributed by atoms with Crippen molar-refractivity contribution in [1.82, 2.24) is 0 Å². The Labute approximate surface area is 332 Å². The highest BCUT2D eigenvalue weighted by molar-refractivity contribution is 7.46. The van der Waals surface area contributed by atoms with Gasteiger partial charge in [0.15, 0.2) is 6.10 Å². The molecule has 0 aromatic rings. The lowest BCUT2D eigenvalue weighted by Crippen LogP contribution is -2.29. The Bertz CT molecular complexity index is 1270. The van der Waals surface area contributed by atoms with Gasteiger partial charge in [0.2, 0.25) is 0 Å². The van der Waals surface area contributed by atoms with Crippen LogP contribution in [0, 0.1) is 0 Å². The lowest BCUT2D eigenvalue weighted by molar-refractivity contribution is -0.161. The van der Waals surface area contributed by atoms with Crippen molar-refractivity contribution in [3.8, 4) is 0 Å². The maximum atomic E-state index is 12.4. The molecule has 10 heteroatoms. The molecule has 0 saturated carbocycles. The average molecular weight is 787 g/mol. The van der Waals surface area contributed by atoms with Crippen LogP contribution in [0.1, 0.15) is 136 Å². The summed E-state index contributed by atoms with van der Waals surface area (Å²) in [4.78, 5) is 42.8. The van der Waals surface area contributed by atoms with Crippen LogP contribution in [0.25, 0.3) is 0 Å². The molecule has 0 aromatic heterocycles. The Hall–Kier alpha value is -3.33. The van der Waals surface area contributed by atoms with Crippen molar-refractivity contribution in [2.75, 3.05) is 13.2 Å². The van der Waals surface area contributed by atoms with Gasteiger partial charge in [0.05, 0.1) is 12.7 Å². The molecule has 0 fully saturated rings. The van der Waals surface area contributed by atoms with Gasteiger partial charge in [0.1, 0.15) is 6.61 Å². The SMILES string of the molecule is CC/C=C\C/C=C\C/C=C\C/C=C\C/C=C\CCCCCC(=O)OC[C@H](COP(=O)(O)O)OC(=O)CCC/C=C\C/C=C\C/C=C\C/C=C\CC(O)CCC. The predicted molar refractivity (Wildman–Crippen MR) is 226 cm³/mol. The fourth-order valence-electron chi connectivity index (χ4n) is 4.88. The number of allylic oxidation sites excluding steroid dienone is 17. The zero-order valence-electron chi connectivity index (χ0n) is 33.6. The first-order chi connectivity index (χ1) is 26.7. The quantitative estimate of drug-likeness (QED) is 0.0248. The van der Waals surface area contributed by atoms with Crippen LogP contribution in [0.5, 0.6) is 0 Å². The van der Waals surface area contributed by atoms with E-state index in [1.54, 1.807) is 0 Å². The molecule has 0 radical (unpaired) electrons. The zero-order chi connectivity index (χ0) is 40.5. The minimum atomic E-state index is -4.79. The highest BCUT2D eigenvalue weighted by Crippen LogP contribution is 2.36. The van der Waals surface area contributed by atoms with Crippen LogP contribution in [-0.2, 0) is 28.2 Å². The highest BCUT2D eigenvalue weighted by Gasteiger charge is 2.22. The number of esters is 2. The van der Waals surface area contributed by atoms with Gasteiger partial charge in [0.25, 0.3) is 0 Å². The second kappa shape index (κ2) is 38.9. The number of phosphoric ester groups is 1. The Kier molecular flexibility index (Phi) is 36.6. The summed E-state index contributed by atoms with van der Waals surface area (Å²) in [6.45, 7) is 3.27. The van der Waals surface area contributed by atoms with Crippen molar-refractivity contribution >= 4 is 19.8 Å². The van der Waals surface area contributed by atoms with Gasteiger partial charge in [-0.2, -0.15) is 0 Å². The number of unbranched alkanes of at least 4 members (excludes halogenated alkanes) is 4. The van der Waals surface area contributed by atoms with Gasteiger partial charge < -0.3 is 24.4 Å². The van der Waals surface area contributed by atoms with E-state index < -0.39 is 32.5 Å². The first-order valence-electron chi connectivity index (χ1n) is 20.3. The van der Waals surface area contributed by atoms with Gasteiger partial charge in [-0.15, -0.1) is 0 Å². The molecule has 310 valence electrons. The van der Waals surface area contributed by atoms with Gasteiger partial charge in [-0.1, -0.05) is 136 Å². The summed E-state index contributed by atoms with van der Waals surface area (Å²) in [6, 6.07) is 0. The summed E-state index contributed by atoms with van der Waals surface area (Å²) in [5.74, 6) is -1.02. The average Bonchev–Trinajstić information content (AvgIpc) is 3.15. The lowest BCUT2D eigenvalue weighted by Gasteiger charge is -2.18. The Balaban J connectivity index is 4.15. The molecule has 0 aliphatic heterocycles. The van der Waals surface area contributed by atoms with E-state index in [1.807, 2.05) is 18.2 Å². The molecule has 0 heterocycles. The summed E-state index contributed by atoms with van der Waals surface area (Å²) in [5.41, 5.74) is 0. The largest absolute Gasteiger partial charge is 0.469 e. The summed E-state index contributed by atoms with van der Waals surface area (Å²) in [7, 11) is -4.79. The fraction of sp³-hybridized carbons (Fsp3) is 0.556. The van der Waals surface area contributed by atoms with Gasteiger partial charge in [-0.25, -0.2) is 4.57 Å². The molecule has 0 spiro atoms. The summed E-state index contributed by atoms with van der Waals surface area (Å²) < 4.78 is 26.3. The minimum Gasteiger partial charge on any atom is -0.462 e. The lowest BCUT2D eigenvalue weighted by atomic mass is 10.1. The number of rotatable bonds is 35. The second-order valence-electron chi connectivity index (χ2n) is 13.1. The van der Waals surface area contributed by atoms with E-state index in [9.17, 15) is 19.3 Å². The maximum absolute atomic E-state index is 12.4. The zero-order valence-corrected chi connectivity index (χ0v) is 34.5. The van der Waals surface area contributed by atoms with E-state index in [0.717, 1.165) is 83.5 Å². The normalized spacial score (nSPS) is 14.2. The van der Waals surface area contributed by atoms with Crippen LogP contribution >= 0.6 is 7.82 Å². The molecule has 0 amide bonds. The van der Waals surface area contributed by atoms with Gasteiger partial charge in [-0.3, -0.25) is 14.1 Å². The van der Waals surface area contributed by atoms with E-state index in [2.05, 4.69) is 110 Å². The number of hydrogen-bond donors (Lipinski definition) is 3. The van der Waals surface area contributed by atoms with Gasteiger partial charge in [-0.05, 0) is 96.3 Å². The molecule has 55 heavy (non-hydrogen) atoms. The van der Waals surface area contributed by atoms with Crippen LogP contribution < -0.4 is 0 Å². The van der Waals surface area contributed by atoms with Crippen LogP contribution in [0.4, 0.5) is 0 Å². The predicted octanol–water partition coefficient (Wildman–Crippen LogP) is 11.4. The number of carbonyl (C=O) groups excluding carboxylic acids is 2. The van der Waals surface area contributed by atoms with E-state index in [4.69, 9.17) is 19.3 Å². The van der Waals surface area contributed by atoms with Crippen molar-refractivity contribution in [1.29, 1.82) is 0 Å². The van der Waals surface area contributed by atoms with E-state index in [-0.39, 0.29) is 25.6 Å². The van der Waals surface area contributed by atoms with Gasteiger partial charge in [0, 0.05) is 12.8 Å². The number of carbonyl (C=O) groups is 2. The van der Waals surface area contributed by atoms with Crippen molar-refractivity contribution in [3.63, 3.8) is 0 Å². The minimum absolute atomic E-state index is 0.106. The molecule has 1 unspecified atom stereocenters. The van der Waals surface area contributed by atoms with E-state index in [1.165, 1.54) is 0 Å². The van der Waals surface area contributed by atoms with Crippen LogP contribution in [0.2, 0.25) is 0 Å². The molecule has 9 nitrogen and oxygen atoms in total. The third-order valence-corrected chi connectivity index (χ3v) is 8.32. The standard InChI is InChI=1S/C45H71O9P/c1-3-5-6-7-8-9-10-11-12-13-14-15-16-19-22-25-28-31-34-38-44(47)52-40-43(41-53-55(49,50)51)54-45(48)39-35-32-29-26-23-20-17-18-21-24-27-30-33-37-42(46)36-4-2/h5-6,8-9,11-12,14-15,17,19-22,24,26,29-30,33,42-43,46H,3-4,7,10,13,16,18,23,25,27-28,31-32,34-41H2,1-2H3,(H2,49,50,51)/b6-5-,9-8-,12-11-,15-14-,20-17-,22-19-,24-21-,29-26-,33-30-/t42?,43-/m1/s1. The molecule has 0 aromatic carbocycles. The molecule has 3 N–H and O–H groups in total. The van der Waals surface area contributed by atoms with Crippen molar-refractivity contribution < 1.29 is 43.0 Å². The molecule has 0 aliphatic rings. The number of aliphatic hydroxyl groups is 1. The van der Waals surface area contributed by atoms with Gasteiger partial charge >= 0.3 is 19.8 Å². The fourth-order valence-corrected chi connectivity index (χ4v) is 5.24. The molecular formula is C45H71O9P. The van der Waals surface area contributed by atoms with Crippen molar-refractivity contribution in [3.05, 3.63) is 109 Å². The molecule has 2 atom stereocenters. The van der Waals surface area contributed by atoms with Crippen LogP contribution in [-0.4, -0.2) is 52.3 Å². The monoisotopic (exact) mass is 786 g/mol. The van der Waals surface area contributed by atoms with Crippen LogP contribution in [0.15, 0.2) is 109 Å². The third kappa shape index (κ3) is 41.7. The van der Waals surface area contributed by atoms with Crippen LogP contribution in [0.3, 0.4) is 0 Å². The number of aliphatic hydroxyl groups excluding tert-OH is 1. The Morgan fingerprint density at radius 3 is 1.51 bits per heavy atom. The first-order valence-corrected chi connectivity index (χ1v) is 21.8. The first kappa shape index (κ1) is 51.7. The van der Waals surface area contributed by atoms with Crippen molar-refractivity contribution in [2.45, 2.75) is 148 Å². The molecule has 0 bridgehead atoms. The molecule has 0 saturated heterocycles. The summed E-state index contributed by atoms with van der Waals surface area (Å²) in [6.07, 6.45) is 51.6. The molecule has 0 aliphatic carbocycles. The maximum Gasteiger partial charge on any atom is 0.469 e. The molecule has 0 rings (SSSR count). The topological polar surface area (TPSA) is 140 Å². The second-order valence-corrected chi connectivity index (χ2v) is 14.3. The van der Waals surface area contributed by atoms with Crippen molar-refractivity contribution in [2.24, 2.45) is 0 Å². The number of phosphoric acid groups is 1. The number of hydrogen-bond acceptors (Lipinski definition) is 7. The third-order valence-electron chi connectivity index (χ3n) is 7.83.